The van der Waals surface area contributed by atoms with Gasteiger partial charge >= 0.3 is 6.36 Å². The molecule has 3 aromatic rings. The van der Waals surface area contributed by atoms with Crippen molar-refractivity contribution in [2.45, 2.75) is 12.9 Å². The largest absolute Gasteiger partial charge is 0.573 e. The van der Waals surface area contributed by atoms with Gasteiger partial charge in [0.1, 0.15) is 5.75 Å². The Balaban J connectivity index is 1.70. The van der Waals surface area contributed by atoms with Crippen LogP contribution in [0.3, 0.4) is 0 Å². The first-order chi connectivity index (χ1) is 12.3. The molecule has 1 aliphatic rings. The zero-order valence-electron chi connectivity index (χ0n) is 12.9. The van der Waals surface area contributed by atoms with Crippen LogP contribution < -0.4 is 4.74 Å². The highest BCUT2D eigenvalue weighted by Gasteiger charge is 2.39. The lowest BCUT2D eigenvalue weighted by Crippen LogP contribution is -2.29. The van der Waals surface area contributed by atoms with Gasteiger partial charge < -0.3 is 4.74 Å². The second-order valence-corrected chi connectivity index (χ2v) is 5.53. The zero-order valence-corrected chi connectivity index (χ0v) is 12.9. The molecule has 0 aliphatic carbocycles. The Morgan fingerprint density at radius 3 is 2.65 bits per heavy atom. The van der Waals surface area contributed by atoms with Gasteiger partial charge in [-0.1, -0.05) is 18.2 Å². The summed E-state index contributed by atoms with van der Waals surface area (Å²) in [6, 6.07) is 5.34. The number of pyridine rings is 1. The summed E-state index contributed by atoms with van der Waals surface area (Å²) in [5, 5.41) is 6.76. The van der Waals surface area contributed by atoms with E-state index in [0.717, 1.165) is 11.0 Å². The van der Waals surface area contributed by atoms with Crippen molar-refractivity contribution in [1.29, 1.82) is 0 Å². The number of para-hydroxylation sites is 1. The Bertz CT molecular complexity index is 1040. The van der Waals surface area contributed by atoms with Crippen LogP contribution in [-0.2, 0) is 6.54 Å². The van der Waals surface area contributed by atoms with Crippen LogP contribution in [0.4, 0.5) is 13.2 Å². The molecule has 0 radical (unpaired) electrons. The van der Waals surface area contributed by atoms with E-state index in [4.69, 9.17) is 0 Å². The van der Waals surface area contributed by atoms with Gasteiger partial charge in [0, 0.05) is 11.8 Å². The molecule has 0 unspecified atom stereocenters. The Hall–Kier alpha value is -3.43. The van der Waals surface area contributed by atoms with Gasteiger partial charge in [-0.25, -0.2) is 4.98 Å². The average Bonchev–Trinajstić information content (AvgIpc) is 3.14. The van der Waals surface area contributed by atoms with E-state index in [0.29, 0.717) is 11.0 Å². The first-order valence-electron chi connectivity index (χ1n) is 7.37. The Morgan fingerprint density at radius 2 is 1.88 bits per heavy atom. The van der Waals surface area contributed by atoms with Crippen LogP contribution in [0.5, 0.6) is 5.75 Å². The van der Waals surface area contributed by atoms with Gasteiger partial charge in [0.25, 0.3) is 11.8 Å². The van der Waals surface area contributed by atoms with Crippen LogP contribution >= 0.6 is 0 Å². The standard InChI is InChI=1S/C16H9F3N4O3/c17-16(18,19)26-11-4-2-1-3-8(11)7-23-14(24)10-5-20-13-9(6-21-22-13)12(10)15(23)25/h1-6H,7H2,(H,20,21,22). The number of halogens is 3. The number of benzene rings is 1. The fourth-order valence-electron chi connectivity index (χ4n) is 2.84. The molecule has 0 bridgehead atoms. The fraction of sp³-hybridized carbons (Fsp3) is 0.125. The van der Waals surface area contributed by atoms with Crippen molar-refractivity contribution in [2.24, 2.45) is 0 Å². The number of carbonyl (C=O) groups is 2. The maximum atomic E-state index is 12.7. The Morgan fingerprint density at radius 1 is 1.12 bits per heavy atom. The van der Waals surface area contributed by atoms with Crippen LogP contribution in [0.1, 0.15) is 26.3 Å². The number of aromatic amines is 1. The second-order valence-electron chi connectivity index (χ2n) is 5.53. The lowest BCUT2D eigenvalue weighted by atomic mass is 10.1. The van der Waals surface area contributed by atoms with E-state index in [1.807, 2.05) is 0 Å². The minimum absolute atomic E-state index is 0.0516. The van der Waals surface area contributed by atoms with Crippen molar-refractivity contribution in [3.63, 3.8) is 0 Å². The molecular formula is C16H9F3N4O3. The van der Waals surface area contributed by atoms with Gasteiger partial charge in [-0.3, -0.25) is 19.6 Å². The molecule has 7 nitrogen and oxygen atoms in total. The smallest absolute Gasteiger partial charge is 0.405 e. The van der Waals surface area contributed by atoms with Crippen LogP contribution in [0.15, 0.2) is 36.7 Å². The number of rotatable bonds is 3. The summed E-state index contributed by atoms with van der Waals surface area (Å²) >= 11 is 0. The first kappa shape index (κ1) is 16.1. The molecule has 10 heteroatoms. The number of aromatic nitrogens is 3. The van der Waals surface area contributed by atoms with Crippen molar-refractivity contribution in [2.75, 3.05) is 0 Å². The number of amides is 2. The van der Waals surface area contributed by atoms with Gasteiger partial charge in [0.15, 0.2) is 5.65 Å². The maximum Gasteiger partial charge on any atom is 0.573 e. The molecule has 1 aliphatic heterocycles. The summed E-state index contributed by atoms with van der Waals surface area (Å²) in [6.45, 7) is -0.363. The lowest BCUT2D eigenvalue weighted by Gasteiger charge is -2.17. The average molecular weight is 362 g/mol. The normalized spacial score (nSPS) is 14.2. The van der Waals surface area contributed by atoms with Crippen LogP contribution in [0.25, 0.3) is 11.0 Å². The van der Waals surface area contributed by atoms with Crippen molar-refractivity contribution in [3.8, 4) is 5.75 Å². The molecule has 1 aromatic carbocycles. The molecule has 132 valence electrons. The summed E-state index contributed by atoms with van der Waals surface area (Å²) in [7, 11) is 0. The third kappa shape index (κ3) is 2.55. The first-order valence-corrected chi connectivity index (χ1v) is 7.37. The molecule has 0 atom stereocenters. The summed E-state index contributed by atoms with van der Waals surface area (Å²) < 4.78 is 41.6. The number of hydrogen-bond acceptors (Lipinski definition) is 5. The summed E-state index contributed by atoms with van der Waals surface area (Å²) in [4.78, 5) is 30.1. The molecule has 4 rings (SSSR count). The molecule has 0 saturated heterocycles. The minimum Gasteiger partial charge on any atom is -0.405 e. The maximum absolute atomic E-state index is 12.7. The molecule has 26 heavy (non-hydrogen) atoms. The number of nitrogens with one attached hydrogen (secondary N) is 1. The molecule has 0 saturated carbocycles. The highest BCUT2D eigenvalue weighted by molar-refractivity contribution is 6.25. The number of ether oxygens (including phenoxy) is 1. The number of hydrogen-bond donors (Lipinski definition) is 1. The van der Waals surface area contributed by atoms with E-state index in [2.05, 4.69) is 19.9 Å². The predicted octanol–water partition coefficient (Wildman–Crippen LogP) is 2.65. The number of carbonyl (C=O) groups excluding carboxylic acids is 2. The molecule has 0 spiro atoms. The SMILES string of the molecule is O=C1c2cnc3[nH]ncc3c2C(=O)N1Cc1ccccc1OC(F)(F)F. The van der Waals surface area contributed by atoms with Gasteiger partial charge in [-0.05, 0) is 6.07 Å². The molecule has 3 heterocycles. The van der Waals surface area contributed by atoms with E-state index in [9.17, 15) is 22.8 Å². The summed E-state index contributed by atoms with van der Waals surface area (Å²) in [5.41, 5.74) is 0.601. The number of H-pyrrole nitrogens is 1. The molecule has 0 fully saturated rings. The lowest BCUT2D eigenvalue weighted by molar-refractivity contribution is -0.274. The van der Waals surface area contributed by atoms with E-state index in [1.54, 1.807) is 0 Å². The van der Waals surface area contributed by atoms with Crippen LogP contribution in [0, 0.1) is 0 Å². The minimum atomic E-state index is -4.88. The molecule has 2 aromatic heterocycles. The van der Waals surface area contributed by atoms with Crippen molar-refractivity contribution in [1.82, 2.24) is 20.1 Å². The monoisotopic (exact) mass is 362 g/mol. The number of imide groups is 1. The third-order valence-corrected chi connectivity index (χ3v) is 3.94. The van der Waals surface area contributed by atoms with Gasteiger partial charge in [0.2, 0.25) is 0 Å². The molecular weight excluding hydrogens is 353 g/mol. The van der Waals surface area contributed by atoms with Gasteiger partial charge in [-0.2, -0.15) is 5.10 Å². The highest BCUT2D eigenvalue weighted by Crippen LogP contribution is 2.32. The summed E-state index contributed by atoms with van der Waals surface area (Å²) in [5.74, 6) is -1.73. The van der Waals surface area contributed by atoms with Crippen LogP contribution in [0.2, 0.25) is 0 Å². The highest BCUT2D eigenvalue weighted by atomic mass is 19.4. The quantitative estimate of drug-likeness (QED) is 0.724. The van der Waals surface area contributed by atoms with Gasteiger partial charge in [0.05, 0.1) is 29.3 Å². The van der Waals surface area contributed by atoms with Gasteiger partial charge in [-0.15, -0.1) is 13.2 Å². The van der Waals surface area contributed by atoms with E-state index in [1.165, 1.54) is 30.6 Å². The van der Waals surface area contributed by atoms with E-state index < -0.39 is 23.9 Å². The predicted molar refractivity (Wildman–Crippen MR) is 81.2 cm³/mol. The van der Waals surface area contributed by atoms with Crippen molar-refractivity contribution in [3.05, 3.63) is 53.3 Å². The van der Waals surface area contributed by atoms with Crippen molar-refractivity contribution < 1.29 is 27.5 Å². The van der Waals surface area contributed by atoms with Crippen LogP contribution in [-0.4, -0.2) is 38.3 Å². The zero-order chi connectivity index (χ0) is 18.5. The topological polar surface area (TPSA) is 88.2 Å². The summed E-state index contributed by atoms with van der Waals surface area (Å²) in [6.07, 6.45) is -2.27. The molecule has 2 amide bonds. The number of alkyl halides is 3. The third-order valence-electron chi connectivity index (χ3n) is 3.94. The number of nitrogens with zero attached hydrogens (tertiary/aromatic N) is 3. The Kier molecular flexibility index (Phi) is 3.43. The van der Waals surface area contributed by atoms with Crippen molar-refractivity contribution >= 4 is 22.8 Å². The molecule has 1 N–H and O–H groups in total. The second kappa shape index (κ2) is 5.55. The Labute approximate surface area is 143 Å². The fourth-order valence-corrected chi connectivity index (χ4v) is 2.84. The van der Waals surface area contributed by atoms with E-state index >= 15 is 0 Å². The number of fused-ring (bicyclic) bond motifs is 3. The van der Waals surface area contributed by atoms with E-state index in [-0.39, 0.29) is 23.2 Å².